The fraction of sp³-hybridized carbons (Fsp3) is 0.647. The molecule has 3 nitrogen and oxygen atoms in total. The average molecular weight is 274 g/mol. The highest BCUT2D eigenvalue weighted by Gasteiger charge is 2.24. The van der Waals surface area contributed by atoms with Crippen molar-refractivity contribution in [3.05, 3.63) is 35.9 Å². The largest absolute Gasteiger partial charge is 0.381 e. The molecule has 110 valence electrons. The van der Waals surface area contributed by atoms with E-state index in [9.17, 15) is 0 Å². The Hall–Kier alpha value is -0.900. The lowest BCUT2D eigenvalue weighted by Crippen LogP contribution is -2.41. The molecule has 20 heavy (non-hydrogen) atoms. The van der Waals surface area contributed by atoms with Crippen molar-refractivity contribution >= 4 is 0 Å². The van der Waals surface area contributed by atoms with Gasteiger partial charge in [-0.2, -0.15) is 0 Å². The smallest absolute Gasteiger partial charge is 0.0480 e. The summed E-state index contributed by atoms with van der Waals surface area (Å²) in [4.78, 5) is 2.64. The highest BCUT2D eigenvalue weighted by molar-refractivity contribution is 5.19. The Morgan fingerprint density at radius 3 is 2.50 bits per heavy atom. The molecule has 1 aromatic carbocycles. The van der Waals surface area contributed by atoms with Crippen LogP contribution in [-0.4, -0.2) is 43.8 Å². The number of nitrogens with one attached hydrogen (secondary N) is 1. The average Bonchev–Trinajstić information content (AvgIpc) is 3.04. The van der Waals surface area contributed by atoms with E-state index in [4.69, 9.17) is 4.74 Å². The molecule has 2 saturated heterocycles. The van der Waals surface area contributed by atoms with Crippen LogP contribution in [0.5, 0.6) is 0 Å². The van der Waals surface area contributed by atoms with Gasteiger partial charge in [0.1, 0.15) is 0 Å². The van der Waals surface area contributed by atoms with Crippen LogP contribution in [0.1, 0.15) is 37.3 Å². The zero-order chi connectivity index (χ0) is 13.6. The van der Waals surface area contributed by atoms with Gasteiger partial charge in [-0.25, -0.2) is 0 Å². The summed E-state index contributed by atoms with van der Waals surface area (Å²) < 4.78 is 5.44. The Morgan fingerprint density at radius 1 is 1.10 bits per heavy atom. The van der Waals surface area contributed by atoms with E-state index >= 15 is 0 Å². The third kappa shape index (κ3) is 3.60. The highest BCUT2D eigenvalue weighted by Crippen LogP contribution is 2.24. The van der Waals surface area contributed by atoms with Crippen molar-refractivity contribution in [3.63, 3.8) is 0 Å². The van der Waals surface area contributed by atoms with Crippen molar-refractivity contribution in [1.29, 1.82) is 0 Å². The molecule has 1 aromatic rings. The van der Waals surface area contributed by atoms with Crippen molar-refractivity contribution in [2.45, 2.75) is 37.8 Å². The SMILES string of the molecule is c1ccc(C(CNC2CCOCC2)N2CCCC2)cc1. The lowest BCUT2D eigenvalue weighted by atomic mass is 10.0. The first-order chi connectivity index (χ1) is 9.93. The minimum absolute atomic E-state index is 0.529. The van der Waals surface area contributed by atoms with Gasteiger partial charge < -0.3 is 10.1 Å². The standard InChI is InChI=1S/C17H26N2O/c1-2-6-15(7-3-1)17(19-10-4-5-11-19)14-18-16-8-12-20-13-9-16/h1-3,6-7,16-18H,4-5,8-14H2. The zero-order valence-corrected chi connectivity index (χ0v) is 12.3. The van der Waals surface area contributed by atoms with Gasteiger partial charge in [-0.15, -0.1) is 0 Å². The van der Waals surface area contributed by atoms with Crippen molar-refractivity contribution in [1.82, 2.24) is 10.2 Å². The maximum absolute atomic E-state index is 5.44. The van der Waals surface area contributed by atoms with Gasteiger partial charge in [0.05, 0.1) is 0 Å². The summed E-state index contributed by atoms with van der Waals surface area (Å²) in [5.41, 5.74) is 1.45. The van der Waals surface area contributed by atoms with Gasteiger partial charge in [0, 0.05) is 31.8 Å². The van der Waals surface area contributed by atoms with Crippen LogP contribution in [0.25, 0.3) is 0 Å². The van der Waals surface area contributed by atoms with Gasteiger partial charge in [0.25, 0.3) is 0 Å². The van der Waals surface area contributed by atoms with Gasteiger partial charge in [-0.05, 0) is 44.3 Å². The van der Waals surface area contributed by atoms with Gasteiger partial charge in [-0.1, -0.05) is 30.3 Å². The van der Waals surface area contributed by atoms with E-state index in [1.807, 2.05) is 0 Å². The fourth-order valence-electron chi connectivity index (χ4n) is 3.37. The Labute approximate surface area is 122 Å². The molecule has 0 radical (unpaired) electrons. The van der Waals surface area contributed by atoms with Crippen LogP contribution in [0.3, 0.4) is 0 Å². The normalized spacial score (nSPS) is 23.0. The molecular formula is C17H26N2O. The first-order valence-corrected chi connectivity index (χ1v) is 8.03. The Morgan fingerprint density at radius 2 is 1.80 bits per heavy atom. The Balaban J connectivity index is 1.62. The molecule has 2 aliphatic rings. The van der Waals surface area contributed by atoms with E-state index in [0.717, 1.165) is 32.6 Å². The summed E-state index contributed by atoms with van der Waals surface area (Å²) in [5.74, 6) is 0. The second-order valence-electron chi connectivity index (χ2n) is 5.96. The third-order valence-electron chi connectivity index (χ3n) is 4.59. The molecule has 1 N–H and O–H groups in total. The molecule has 1 unspecified atom stereocenters. The number of hydrogen-bond donors (Lipinski definition) is 1. The van der Waals surface area contributed by atoms with E-state index in [2.05, 4.69) is 40.5 Å². The Kier molecular flexibility index (Phi) is 5.06. The van der Waals surface area contributed by atoms with Crippen LogP contribution in [0.15, 0.2) is 30.3 Å². The Bertz CT molecular complexity index is 383. The van der Waals surface area contributed by atoms with Crippen molar-refractivity contribution in [2.24, 2.45) is 0 Å². The van der Waals surface area contributed by atoms with Crippen LogP contribution in [0.2, 0.25) is 0 Å². The number of benzene rings is 1. The molecule has 3 heteroatoms. The van der Waals surface area contributed by atoms with Crippen molar-refractivity contribution in [3.8, 4) is 0 Å². The predicted molar refractivity (Wildman–Crippen MR) is 81.8 cm³/mol. The molecule has 0 saturated carbocycles. The number of ether oxygens (including phenoxy) is 1. The van der Waals surface area contributed by atoms with Crippen LogP contribution < -0.4 is 5.32 Å². The predicted octanol–water partition coefficient (Wildman–Crippen LogP) is 2.59. The molecule has 2 heterocycles. The molecule has 2 aliphatic heterocycles. The van der Waals surface area contributed by atoms with Gasteiger partial charge in [-0.3, -0.25) is 4.90 Å². The number of nitrogens with zero attached hydrogens (tertiary/aromatic N) is 1. The summed E-state index contributed by atoms with van der Waals surface area (Å²) in [7, 11) is 0. The highest BCUT2D eigenvalue weighted by atomic mass is 16.5. The first kappa shape index (κ1) is 14.1. The summed E-state index contributed by atoms with van der Waals surface area (Å²) in [6.45, 7) is 5.38. The second-order valence-corrected chi connectivity index (χ2v) is 5.96. The van der Waals surface area contributed by atoms with Crippen molar-refractivity contribution in [2.75, 3.05) is 32.8 Å². The van der Waals surface area contributed by atoms with Gasteiger partial charge in [0.2, 0.25) is 0 Å². The maximum atomic E-state index is 5.44. The molecule has 0 aromatic heterocycles. The molecule has 2 fully saturated rings. The topological polar surface area (TPSA) is 24.5 Å². The van der Waals surface area contributed by atoms with E-state index in [1.54, 1.807) is 0 Å². The molecule has 1 atom stereocenters. The van der Waals surface area contributed by atoms with Crippen LogP contribution in [0, 0.1) is 0 Å². The van der Waals surface area contributed by atoms with E-state index in [0.29, 0.717) is 12.1 Å². The van der Waals surface area contributed by atoms with Crippen LogP contribution in [-0.2, 0) is 4.74 Å². The summed E-state index contributed by atoms with van der Waals surface area (Å²) in [5, 5.41) is 3.78. The van der Waals surface area contributed by atoms with E-state index < -0.39 is 0 Å². The lowest BCUT2D eigenvalue weighted by molar-refractivity contribution is 0.0754. The molecule has 0 aliphatic carbocycles. The van der Waals surface area contributed by atoms with Crippen molar-refractivity contribution < 1.29 is 4.74 Å². The molecule has 3 rings (SSSR count). The van der Waals surface area contributed by atoms with E-state index in [1.165, 1.54) is 31.5 Å². The quantitative estimate of drug-likeness (QED) is 0.893. The van der Waals surface area contributed by atoms with Crippen LogP contribution in [0.4, 0.5) is 0 Å². The first-order valence-electron chi connectivity index (χ1n) is 8.03. The van der Waals surface area contributed by atoms with Crippen LogP contribution >= 0.6 is 0 Å². The number of rotatable bonds is 5. The fourth-order valence-corrected chi connectivity index (χ4v) is 3.37. The maximum Gasteiger partial charge on any atom is 0.0480 e. The molecule has 0 spiro atoms. The second kappa shape index (κ2) is 7.21. The third-order valence-corrected chi connectivity index (χ3v) is 4.59. The lowest BCUT2D eigenvalue weighted by Gasteiger charge is -2.31. The number of likely N-dealkylation sites (tertiary alicyclic amines) is 1. The van der Waals surface area contributed by atoms with Gasteiger partial charge >= 0.3 is 0 Å². The number of hydrogen-bond acceptors (Lipinski definition) is 3. The minimum Gasteiger partial charge on any atom is -0.381 e. The van der Waals surface area contributed by atoms with Gasteiger partial charge in [0.15, 0.2) is 0 Å². The molecule has 0 amide bonds. The summed E-state index contributed by atoms with van der Waals surface area (Å²) >= 11 is 0. The monoisotopic (exact) mass is 274 g/mol. The summed E-state index contributed by atoms with van der Waals surface area (Å²) in [6.07, 6.45) is 5.00. The summed E-state index contributed by atoms with van der Waals surface area (Å²) in [6, 6.07) is 12.1. The minimum atomic E-state index is 0.529. The van der Waals surface area contributed by atoms with E-state index in [-0.39, 0.29) is 0 Å². The molecule has 0 bridgehead atoms. The molecular weight excluding hydrogens is 248 g/mol. The zero-order valence-electron chi connectivity index (χ0n) is 12.3.